The Morgan fingerprint density at radius 3 is 2.40 bits per heavy atom. The Balaban J connectivity index is 1.48. The zero-order chi connectivity index (χ0) is 17.7. The Morgan fingerprint density at radius 2 is 1.80 bits per heavy atom. The SMILES string of the molecule is Cc1ccc(C2(C(=O)N3CCC[C@]4(CC3)CN(C)C(=O)O4)CC2)cc1. The first-order valence-electron chi connectivity index (χ1n) is 9.25. The number of rotatable bonds is 2. The van der Waals surface area contributed by atoms with Crippen LogP contribution in [-0.4, -0.2) is 54.1 Å². The van der Waals surface area contributed by atoms with Gasteiger partial charge in [-0.05, 0) is 38.2 Å². The number of amides is 2. The predicted molar refractivity (Wildman–Crippen MR) is 94.4 cm³/mol. The fourth-order valence-corrected chi connectivity index (χ4v) is 4.35. The molecule has 1 atom stereocenters. The number of aryl methyl sites for hydroxylation is 1. The van der Waals surface area contributed by atoms with Crippen LogP contribution in [0.3, 0.4) is 0 Å². The highest BCUT2D eigenvalue weighted by molar-refractivity contribution is 5.91. The van der Waals surface area contributed by atoms with Gasteiger partial charge in [0.1, 0.15) is 5.60 Å². The highest BCUT2D eigenvalue weighted by Crippen LogP contribution is 2.50. The number of ether oxygens (including phenoxy) is 1. The van der Waals surface area contributed by atoms with Crippen molar-refractivity contribution in [2.45, 2.75) is 50.0 Å². The van der Waals surface area contributed by atoms with Crippen LogP contribution in [0.2, 0.25) is 0 Å². The second-order valence-corrected chi connectivity index (χ2v) is 8.00. The van der Waals surface area contributed by atoms with Gasteiger partial charge in [-0.3, -0.25) is 4.79 Å². The van der Waals surface area contributed by atoms with E-state index in [0.717, 1.165) is 44.2 Å². The minimum absolute atomic E-state index is 0.238. The first kappa shape index (κ1) is 16.4. The maximum Gasteiger partial charge on any atom is 0.410 e. The topological polar surface area (TPSA) is 49.9 Å². The lowest BCUT2D eigenvalue weighted by Gasteiger charge is -2.28. The fourth-order valence-electron chi connectivity index (χ4n) is 4.35. The Bertz CT molecular complexity index is 695. The van der Waals surface area contributed by atoms with E-state index in [1.165, 1.54) is 5.56 Å². The Morgan fingerprint density at radius 1 is 1.08 bits per heavy atom. The number of carbonyl (C=O) groups excluding carboxylic acids is 2. The Labute approximate surface area is 148 Å². The molecule has 0 N–H and O–H groups in total. The zero-order valence-electron chi connectivity index (χ0n) is 15.1. The summed E-state index contributed by atoms with van der Waals surface area (Å²) in [6.45, 7) is 4.14. The summed E-state index contributed by atoms with van der Waals surface area (Å²) in [5, 5.41) is 0. The van der Waals surface area contributed by atoms with Crippen LogP contribution < -0.4 is 0 Å². The van der Waals surface area contributed by atoms with E-state index in [1.807, 2.05) is 4.90 Å². The van der Waals surface area contributed by atoms with Crippen molar-refractivity contribution in [3.63, 3.8) is 0 Å². The van der Waals surface area contributed by atoms with Crippen LogP contribution in [-0.2, 0) is 14.9 Å². The number of hydrogen-bond acceptors (Lipinski definition) is 3. The van der Waals surface area contributed by atoms with Crippen molar-refractivity contribution in [1.82, 2.24) is 9.80 Å². The molecule has 134 valence electrons. The van der Waals surface area contributed by atoms with Crippen molar-refractivity contribution < 1.29 is 14.3 Å². The molecule has 2 heterocycles. The Kier molecular flexibility index (Phi) is 3.78. The Hall–Kier alpha value is -2.04. The summed E-state index contributed by atoms with van der Waals surface area (Å²) in [7, 11) is 1.78. The van der Waals surface area contributed by atoms with Gasteiger partial charge in [0, 0.05) is 26.6 Å². The van der Waals surface area contributed by atoms with Crippen molar-refractivity contribution in [2.24, 2.45) is 0 Å². The van der Waals surface area contributed by atoms with Gasteiger partial charge in [0.05, 0.1) is 12.0 Å². The van der Waals surface area contributed by atoms with Gasteiger partial charge in [0.15, 0.2) is 0 Å². The summed E-state index contributed by atoms with van der Waals surface area (Å²) in [5.41, 5.74) is 1.65. The quantitative estimate of drug-likeness (QED) is 0.830. The van der Waals surface area contributed by atoms with E-state index < -0.39 is 5.60 Å². The maximum absolute atomic E-state index is 13.3. The molecular formula is C20H26N2O3. The molecular weight excluding hydrogens is 316 g/mol. The molecule has 1 saturated carbocycles. The summed E-state index contributed by atoms with van der Waals surface area (Å²) in [6, 6.07) is 8.39. The third-order valence-corrected chi connectivity index (χ3v) is 6.09. The average Bonchev–Trinajstić information content (AvgIpc) is 3.36. The molecule has 25 heavy (non-hydrogen) atoms. The molecule has 3 aliphatic rings. The van der Waals surface area contributed by atoms with Crippen LogP contribution in [0.15, 0.2) is 24.3 Å². The third kappa shape index (κ3) is 2.79. The normalized spacial score (nSPS) is 28.0. The van der Waals surface area contributed by atoms with Crippen LogP contribution in [0.25, 0.3) is 0 Å². The molecule has 0 radical (unpaired) electrons. The highest BCUT2D eigenvalue weighted by Gasteiger charge is 2.54. The number of likely N-dealkylation sites (tertiary alicyclic amines) is 1. The van der Waals surface area contributed by atoms with Gasteiger partial charge in [0.25, 0.3) is 0 Å². The van der Waals surface area contributed by atoms with Crippen LogP contribution in [0, 0.1) is 6.92 Å². The van der Waals surface area contributed by atoms with Crippen molar-refractivity contribution in [2.75, 3.05) is 26.7 Å². The molecule has 4 rings (SSSR count). The molecule has 1 aromatic carbocycles. The zero-order valence-corrected chi connectivity index (χ0v) is 15.1. The van der Waals surface area contributed by atoms with Gasteiger partial charge < -0.3 is 14.5 Å². The van der Waals surface area contributed by atoms with Crippen LogP contribution >= 0.6 is 0 Å². The van der Waals surface area contributed by atoms with E-state index in [-0.39, 0.29) is 17.4 Å². The van der Waals surface area contributed by atoms with Crippen molar-refractivity contribution in [3.05, 3.63) is 35.4 Å². The summed E-state index contributed by atoms with van der Waals surface area (Å²) in [5.74, 6) is 0.256. The second kappa shape index (κ2) is 5.75. The number of nitrogens with zero attached hydrogens (tertiary/aromatic N) is 2. The van der Waals surface area contributed by atoms with E-state index in [0.29, 0.717) is 13.1 Å². The predicted octanol–water partition coefficient (Wildman–Crippen LogP) is 2.86. The fraction of sp³-hybridized carbons (Fsp3) is 0.600. The minimum atomic E-state index is -0.401. The molecule has 2 saturated heterocycles. The molecule has 1 aliphatic carbocycles. The molecule has 2 aliphatic heterocycles. The summed E-state index contributed by atoms with van der Waals surface area (Å²) in [6.07, 6.45) is 4.10. The van der Waals surface area contributed by atoms with E-state index in [2.05, 4.69) is 31.2 Å². The largest absolute Gasteiger partial charge is 0.441 e. The summed E-state index contributed by atoms with van der Waals surface area (Å²) < 4.78 is 5.66. The van der Waals surface area contributed by atoms with E-state index in [1.54, 1.807) is 11.9 Å². The van der Waals surface area contributed by atoms with Gasteiger partial charge in [-0.15, -0.1) is 0 Å². The molecule has 5 nitrogen and oxygen atoms in total. The average molecular weight is 342 g/mol. The van der Waals surface area contributed by atoms with Gasteiger partial charge >= 0.3 is 6.09 Å². The standard InChI is InChI=1S/C20H26N2O3/c1-15-4-6-16(7-5-15)20(9-10-20)17(23)22-12-3-8-19(11-13-22)14-21(2)18(24)25-19/h4-7H,3,8-14H2,1-2H3/t19-/m0/s1. The first-order chi connectivity index (χ1) is 11.9. The van der Waals surface area contributed by atoms with Gasteiger partial charge in [-0.2, -0.15) is 0 Å². The minimum Gasteiger partial charge on any atom is -0.441 e. The lowest BCUT2D eigenvalue weighted by Crippen LogP contribution is -2.41. The van der Waals surface area contributed by atoms with Crippen molar-refractivity contribution >= 4 is 12.0 Å². The van der Waals surface area contributed by atoms with Crippen LogP contribution in [0.1, 0.15) is 43.2 Å². The lowest BCUT2D eigenvalue weighted by atomic mass is 9.93. The molecule has 2 amide bonds. The maximum atomic E-state index is 13.3. The molecule has 0 unspecified atom stereocenters. The second-order valence-electron chi connectivity index (χ2n) is 8.00. The van der Waals surface area contributed by atoms with E-state index >= 15 is 0 Å². The van der Waals surface area contributed by atoms with Crippen LogP contribution in [0.4, 0.5) is 4.79 Å². The van der Waals surface area contributed by atoms with Crippen molar-refractivity contribution in [1.29, 1.82) is 0 Å². The van der Waals surface area contributed by atoms with Gasteiger partial charge in [-0.25, -0.2) is 4.79 Å². The summed E-state index contributed by atoms with van der Waals surface area (Å²) in [4.78, 5) is 28.7. The molecule has 5 heteroatoms. The molecule has 1 aromatic rings. The third-order valence-electron chi connectivity index (χ3n) is 6.09. The highest BCUT2D eigenvalue weighted by atomic mass is 16.6. The monoisotopic (exact) mass is 342 g/mol. The van der Waals surface area contributed by atoms with Crippen LogP contribution in [0.5, 0.6) is 0 Å². The smallest absolute Gasteiger partial charge is 0.410 e. The number of likely N-dealkylation sites (N-methyl/N-ethyl adjacent to an activating group) is 1. The molecule has 3 fully saturated rings. The van der Waals surface area contributed by atoms with Crippen molar-refractivity contribution in [3.8, 4) is 0 Å². The van der Waals surface area contributed by atoms with Gasteiger partial charge in [0.2, 0.25) is 5.91 Å². The molecule has 1 spiro atoms. The number of benzene rings is 1. The number of hydrogen-bond donors (Lipinski definition) is 0. The lowest BCUT2D eigenvalue weighted by molar-refractivity contribution is -0.134. The molecule has 0 aromatic heterocycles. The van der Waals surface area contributed by atoms with E-state index in [9.17, 15) is 9.59 Å². The first-order valence-corrected chi connectivity index (χ1v) is 9.25. The summed E-state index contributed by atoms with van der Waals surface area (Å²) >= 11 is 0. The van der Waals surface area contributed by atoms with Gasteiger partial charge in [-0.1, -0.05) is 29.8 Å². The van der Waals surface area contributed by atoms with E-state index in [4.69, 9.17) is 4.74 Å². The number of carbonyl (C=O) groups is 2. The molecule has 0 bridgehead atoms.